The summed E-state index contributed by atoms with van der Waals surface area (Å²) >= 11 is 0. The van der Waals surface area contributed by atoms with Crippen LogP contribution in [0.2, 0.25) is 0 Å². The molecule has 0 saturated carbocycles. The lowest BCUT2D eigenvalue weighted by Crippen LogP contribution is -2.29. The molecule has 1 saturated heterocycles. The lowest BCUT2D eigenvalue weighted by atomic mass is 9.96. The Kier molecular flexibility index (Phi) is 4.51. The number of carbonyl (C=O) groups is 1. The van der Waals surface area contributed by atoms with Crippen LogP contribution in [0.15, 0.2) is 24.7 Å². The summed E-state index contributed by atoms with van der Waals surface area (Å²) in [6, 6.07) is 4.17. The van der Waals surface area contributed by atoms with Gasteiger partial charge in [0.25, 0.3) is 5.91 Å². The van der Waals surface area contributed by atoms with E-state index in [1.165, 1.54) is 36.1 Å². The molecular weight excluding hydrogens is 390 g/mol. The van der Waals surface area contributed by atoms with Crippen LogP contribution < -0.4 is 15.1 Å². The average Bonchev–Trinajstić information content (AvgIpc) is 3.55. The van der Waals surface area contributed by atoms with Crippen molar-refractivity contribution < 1.29 is 4.79 Å². The van der Waals surface area contributed by atoms with Crippen molar-refractivity contribution in [1.82, 2.24) is 25.1 Å². The molecule has 3 aliphatic heterocycles. The fourth-order valence-corrected chi connectivity index (χ4v) is 5.33. The highest BCUT2D eigenvalue weighted by atomic mass is 16.1. The monoisotopic (exact) mass is 417 g/mol. The van der Waals surface area contributed by atoms with Crippen molar-refractivity contribution in [2.45, 2.75) is 38.6 Å². The largest absolute Gasteiger partial charge is 0.371 e. The van der Waals surface area contributed by atoms with E-state index >= 15 is 0 Å². The van der Waals surface area contributed by atoms with Crippen LogP contribution in [-0.2, 0) is 19.4 Å². The van der Waals surface area contributed by atoms with Gasteiger partial charge >= 0.3 is 0 Å². The van der Waals surface area contributed by atoms with Gasteiger partial charge in [-0.2, -0.15) is 5.10 Å². The number of benzene rings is 1. The Balaban J connectivity index is 1.15. The standard InChI is InChI=1S/C23H27N7O/c31-23(18-12-16-4-3-9-28-10-5-17(13-18)20(16)28)24-6-11-30-22-19(14-27-30)21(25-15-26-22)29-7-1-2-8-29/h12-15H,1-11H2,(H,24,31). The van der Waals surface area contributed by atoms with Gasteiger partial charge in [-0.05, 0) is 55.4 Å². The summed E-state index contributed by atoms with van der Waals surface area (Å²) in [6.45, 7) is 5.39. The SMILES string of the molecule is O=C(NCCn1ncc2c(N3CCCC3)ncnc21)c1cc2c3c(c1)CCN3CCC2. The minimum absolute atomic E-state index is 0.00748. The molecule has 1 aromatic carbocycles. The molecule has 0 aliphatic carbocycles. The zero-order valence-corrected chi connectivity index (χ0v) is 17.7. The molecule has 1 N–H and O–H groups in total. The van der Waals surface area contributed by atoms with Crippen LogP contribution in [0.4, 0.5) is 11.5 Å². The lowest BCUT2D eigenvalue weighted by Gasteiger charge is -2.27. The fraction of sp³-hybridized carbons (Fsp3) is 0.478. The van der Waals surface area contributed by atoms with Gasteiger partial charge in [-0.1, -0.05) is 0 Å². The quantitative estimate of drug-likeness (QED) is 0.685. The molecule has 1 amide bonds. The van der Waals surface area contributed by atoms with Crippen LogP contribution in [-0.4, -0.2) is 58.4 Å². The van der Waals surface area contributed by atoms with Crippen molar-refractivity contribution in [1.29, 1.82) is 0 Å². The Hall–Kier alpha value is -3.16. The highest BCUT2D eigenvalue weighted by Gasteiger charge is 2.27. The Labute approximate surface area is 181 Å². The van der Waals surface area contributed by atoms with Crippen LogP contribution >= 0.6 is 0 Å². The number of anilines is 2. The highest BCUT2D eigenvalue weighted by molar-refractivity contribution is 5.95. The molecule has 0 spiro atoms. The molecule has 3 aromatic rings. The van der Waals surface area contributed by atoms with E-state index in [4.69, 9.17) is 0 Å². The van der Waals surface area contributed by atoms with Gasteiger partial charge in [0.15, 0.2) is 5.65 Å². The molecule has 0 radical (unpaired) electrons. The number of nitrogens with one attached hydrogen (secondary N) is 1. The van der Waals surface area contributed by atoms with Gasteiger partial charge in [-0.15, -0.1) is 0 Å². The maximum atomic E-state index is 12.8. The van der Waals surface area contributed by atoms with Crippen LogP contribution in [0, 0.1) is 0 Å². The summed E-state index contributed by atoms with van der Waals surface area (Å²) in [5.41, 5.74) is 5.65. The minimum atomic E-state index is -0.00748. The van der Waals surface area contributed by atoms with Crippen LogP contribution in [0.25, 0.3) is 11.0 Å². The van der Waals surface area contributed by atoms with E-state index in [0.29, 0.717) is 13.1 Å². The van der Waals surface area contributed by atoms with Crippen molar-refractivity contribution in [2.75, 3.05) is 42.5 Å². The molecule has 160 valence electrons. The van der Waals surface area contributed by atoms with Crippen molar-refractivity contribution in [3.05, 3.63) is 41.3 Å². The molecule has 3 aliphatic rings. The zero-order chi connectivity index (χ0) is 20.8. The number of aromatic nitrogens is 4. The van der Waals surface area contributed by atoms with E-state index in [1.54, 1.807) is 6.33 Å². The maximum absolute atomic E-state index is 12.8. The molecular formula is C23H27N7O. The van der Waals surface area contributed by atoms with Crippen molar-refractivity contribution in [2.24, 2.45) is 0 Å². The molecule has 8 nitrogen and oxygen atoms in total. The molecule has 5 heterocycles. The van der Waals surface area contributed by atoms with Gasteiger partial charge in [-0.25, -0.2) is 14.6 Å². The number of rotatable bonds is 5. The molecule has 31 heavy (non-hydrogen) atoms. The zero-order valence-electron chi connectivity index (χ0n) is 17.7. The predicted molar refractivity (Wildman–Crippen MR) is 120 cm³/mol. The first kappa shape index (κ1) is 18.6. The van der Waals surface area contributed by atoms with Gasteiger partial charge < -0.3 is 15.1 Å². The van der Waals surface area contributed by atoms with Crippen molar-refractivity contribution in [3.8, 4) is 0 Å². The average molecular weight is 418 g/mol. The van der Waals surface area contributed by atoms with Gasteiger partial charge in [0.1, 0.15) is 12.1 Å². The van der Waals surface area contributed by atoms with E-state index in [9.17, 15) is 4.79 Å². The summed E-state index contributed by atoms with van der Waals surface area (Å²) in [4.78, 5) is 26.6. The third kappa shape index (κ3) is 3.21. The second-order valence-electron chi connectivity index (χ2n) is 8.74. The van der Waals surface area contributed by atoms with E-state index in [0.717, 1.165) is 61.4 Å². The minimum Gasteiger partial charge on any atom is -0.371 e. The molecule has 0 atom stereocenters. The summed E-state index contributed by atoms with van der Waals surface area (Å²) < 4.78 is 1.86. The van der Waals surface area contributed by atoms with E-state index < -0.39 is 0 Å². The number of hydrogen-bond acceptors (Lipinski definition) is 6. The number of nitrogens with zero attached hydrogens (tertiary/aromatic N) is 6. The summed E-state index contributed by atoms with van der Waals surface area (Å²) in [6.07, 6.45) is 9.15. The Morgan fingerprint density at radius 3 is 2.65 bits per heavy atom. The van der Waals surface area contributed by atoms with E-state index in [2.05, 4.69) is 42.3 Å². The number of amides is 1. The first-order valence-corrected chi connectivity index (χ1v) is 11.4. The van der Waals surface area contributed by atoms with Crippen LogP contribution in [0.1, 0.15) is 40.7 Å². The van der Waals surface area contributed by atoms with Crippen molar-refractivity contribution >= 4 is 28.4 Å². The molecule has 0 bridgehead atoms. The van der Waals surface area contributed by atoms with Gasteiger partial charge in [0, 0.05) is 44.0 Å². The normalized spacial score (nSPS) is 17.4. The lowest BCUT2D eigenvalue weighted by molar-refractivity contribution is 0.0952. The predicted octanol–water partition coefficient (Wildman–Crippen LogP) is 2.17. The second kappa shape index (κ2) is 7.51. The highest BCUT2D eigenvalue weighted by Crippen LogP contribution is 2.36. The van der Waals surface area contributed by atoms with Gasteiger partial charge in [-0.3, -0.25) is 4.79 Å². The molecule has 6 rings (SSSR count). The van der Waals surface area contributed by atoms with E-state index in [-0.39, 0.29) is 5.91 Å². The first-order chi connectivity index (χ1) is 15.3. The third-order valence-corrected chi connectivity index (χ3v) is 6.80. The van der Waals surface area contributed by atoms with Crippen molar-refractivity contribution in [3.63, 3.8) is 0 Å². The molecule has 8 heteroatoms. The number of aryl methyl sites for hydroxylation is 1. The molecule has 1 fully saturated rings. The topological polar surface area (TPSA) is 79.2 Å². The number of fused-ring (bicyclic) bond motifs is 1. The van der Waals surface area contributed by atoms with Gasteiger partial charge in [0.2, 0.25) is 0 Å². The summed E-state index contributed by atoms with van der Waals surface area (Å²) in [5, 5.41) is 8.58. The Bertz CT molecular complexity index is 1150. The second-order valence-corrected chi connectivity index (χ2v) is 8.74. The number of carbonyl (C=O) groups excluding carboxylic acids is 1. The van der Waals surface area contributed by atoms with E-state index in [1.807, 2.05) is 10.9 Å². The van der Waals surface area contributed by atoms with Gasteiger partial charge in [0.05, 0.1) is 18.1 Å². The molecule has 2 aromatic heterocycles. The smallest absolute Gasteiger partial charge is 0.251 e. The third-order valence-electron chi connectivity index (χ3n) is 6.80. The molecule has 0 unspecified atom stereocenters. The summed E-state index contributed by atoms with van der Waals surface area (Å²) in [5.74, 6) is 0.964. The Morgan fingerprint density at radius 1 is 0.968 bits per heavy atom. The maximum Gasteiger partial charge on any atom is 0.251 e. The number of hydrogen-bond donors (Lipinski definition) is 1. The fourth-order valence-electron chi connectivity index (χ4n) is 5.33. The summed E-state index contributed by atoms with van der Waals surface area (Å²) in [7, 11) is 0. The van der Waals surface area contributed by atoms with Crippen LogP contribution in [0.5, 0.6) is 0 Å². The van der Waals surface area contributed by atoms with Crippen LogP contribution in [0.3, 0.4) is 0 Å². The Morgan fingerprint density at radius 2 is 1.77 bits per heavy atom. The first-order valence-electron chi connectivity index (χ1n) is 11.4.